The van der Waals surface area contributed by atoms with Gasteiger partial charge in [0.2, 0.25) is 5.91 Å². The van der Waals surface area contributed by atoms with E-state index < -0.39 is 0 Å². The molecule has 0 saturated heterocycles. The standard InChI is InChI=1S/C27H27FN2O3S/c1-18-2-10-22(11-3-18)33-17-24-23-13-15-34-25(23)12-14-29(24)26(31)16-30(21-8-9-21)27(32)19-4-6-20(28)7-5-19/h2-7,10-11,13,15,21,24H,8-9,12,14,16-17H2,1H3/t24-/m0/s1. The normalized spacial score (nSPS) is 17.2. The molecule has 2 amide bonds. The summed E-state index contributed by atoms with van der Waals surface area (Å²) in [6, 6.07) is 15.3. The van der Waals surface area contributed by atoms with Gasteiger partial charge >= 0.3 is 0 Å². The number of carbonyl (C=O) groups is 2. The van der Waals surface area contributed by atoms with Crippen molar-refractivity contribution >= 4 is 23.2 Å². The monoisotopic (exact) mass is 478 g/mol. The number of nitrogens with zero attached hydrogens (tertiary/aromatic N) is 2. The van der Waals surface area contributed by atoms with Crippen LogP contribution in [0.1, 0.15) is 45.2 Å². The molecule has 5 nitrogen and oxygen atoms in total. The van der Waals surface area contributed by atoms with Gasteiger partial charge in [-0.3, -0.25) is 9.59 Å². The Labute approximate surface area is 202 Å². The molecule has 0 bridgehead atoms. The number of hydrogen-bond acceptors (Lipinski definition) is 4. The van der Waals surface area contributed by atoms with Gasteiger partial charge in [0.05, 0.1) is 6.04 Å². The maximum Gasteiger partial charge on any atom is 0.254 e. The van der Waals surface area contributed by atoms with E-state index in [1.807, 2.05) is 36.1 Å². The topological polar surface area (TPSA) is 49.9 Å². The van der Waals surface area contributed by atoms with Crippen LogP contribution in [-0.4, -0.2) is 47.4 Å². The molecule has 0 spiro atoms. The number of aryl methyl sites for hydroxylation is 1. The highest BCUT2D eigenvalue weighted by molar-refractivity contribution is 7.10. The first-order chi connectivity index (χ1) is 16.5. The van der Waals surface area contributed by atoms with E-state index in [4.69, 9.17) is 4.74 Å². The van der Waals surface area contributed by atoms with E-state index in [0.29, 0.717) is 18.7 Å². The third kappa shape index (κ3) is 4.85. The fourth-order valence-electron chi connectivity index (χ4n) is 4.43. The van der Waals surface area contributed by atoms with E-state index in [1.165, 1.54) is 29.1 Å². The van der Waals surface area contributed by atoms with Crippen molar-refractivity contribution in [2.45, 2.75) is 38.3 Å². The van der Waals surface area contributed by atoms with Gasteiger partial charge in [0.25, 0.3) is 5.91 Å². The Balaban J connectivity index is 1.33. The molecule has 1 aliphatic heterocycles. The second kappa shape index (κ2) is 9.58. The summed E-state index contributed by atoms with van der Waals surface area (Å²) in [6.07, 6.45) is 2.57. The fraction of sp³-hybridized carbons (Fsp3) is 0.333. The predicted octanol–water partition coefficient (Wildman–Crippen LogP) is 5.01. The minimum atomic E-state index is -0.387. The number of thiophene rings is 1. The van der Waals surface area contributed by atoms with Crippen LogP contribution in [0.5, 0.6) is 5.75 Å². The predicted molar refractivity (Wildman–Crippen MR) is 130 cm³/mol. The van der Waals surface area contributed by atoms with Gasteiger partial charge in [-0.25, -0.2) is 4.39 Å². The highest BCUT2D eigenvalue weighted by atomic mass is 32.1. The van der Waals surface area contributed by atoms with Gasteiger partial charge in [0.1, 0.15) is 24.7 Å². The molecule has 1 atom stereocenters. The lowest BCUT2D eigenvalue weighted by Crippen LogP contribution is -2.48. The smallest absolute Gasteiger partial charge is 0.254 e. The maximum atomic E-state index is 13.5. The molecule has 1 fully saturated rings. The SMILES string of the molecule is Cc1ccc(OC[C@H]2c3ccsc3CCN2C(=O)CN(C(=O)c2ccc(F)cc2)C2CC2)cc1. The molecule has 0 radical (unpaired) electrons. The molecular weight excluding hydrogens is 451 g/mol. The third-order valence-corrected chi connectivity index (χ3v) is 7.49. The van der Waals surface area contributed by atoms with Gasteiger partial charge in [-0.05, 0) is 79.6 Å². The van der Waals surface area contributed by atoms with E-state index in [2.05, 4.69) is 11.4 Å². The Hall–Kier alpha value is -3.19. The molecule has 1 aromatic heterocycles. The Morgan fingerprint density at radius 3 is 2.53 bits per heavy atom. The molecule has 2 heterocycles. The molecule has 0 N–H and O–H groups in total. The zero-order valence-electron chi connectivity index (χ0n) is 19.1. The molecule has 2 aromatic carbocycles. The second-order valence-electron chi connectivity index (χ2n) is 8.95. The maximum absolute atomic E-state index is 13.5. The molecule has 0 unspecified atom stereocenters. The zero-order valence-corrected chi connectivity index (χ0v) is 19.9. The fourth-order valence-corrected chi connectivity index (χ4v) is 5.36. The number of hydrogen-bond donors (Lipinski definition) is 0. The number of halogens is 1. The van der Waals surface area contributed by atoms with Crippen LogP contribution in [-0.2, 0) is 11.2 Å². The van der Waals surface area contributed by atoms with Gasteiger partial charge in [0, 0.05) is 23.0 Å². The Morgan fingerprint density at radius 2 is 1.82 bits per heavy atom. The Kier molecular flexibility index (Phi) is 6.37. The first kappa shape index (κ1) is 22.6. The average Bonchev–Trinajstić information content (AvgIpc) is 3.57. The molecule has 7 heteroatoms. The van der Waals surface area contributed by atoms with Crippen molar-refractivity contribution in [3.8, 4) is 5.75 Å². The summed E-state index contributed by atoms with van der Waals surface area (Å²) in [5, 5.41) is 2.06. The summed E-state index contributed by atoms with van der Waals surface area (Å²) in [4.78, 5) is 31.5. The minimum Gasteiger partial charge on any atom is -0.491 e. The van der Waals surface area contributed by atoms with E-state index >= 15 is 0 Å². The quantitative estimate of drug-likeness (QED) is 0.480. The molecule has 2 aliphatic rings. The highest BCUT2D eigenvalue weighted by Crippen LogP contribution is 2.35. The van der Waals surface area contributed by atoms with E-state index in [0.717, 1.165) is 36.1 Å². The van der Waals surface area contributed by atoms with Crippen molar-refractivity contribution < 1.29 is 18.7 Å². The molecule has 3 aromatic rings. The lowest BCUT2D eigenvalue weighted by molar-refractivity contribution is -0.135. The molecular formula is C27H27FN2O3S. The van der Waals surface area contributed by atoms with E-state index in [-0.39, 0.29) is 36.3 Å². The highest BCUT2D eigenvalue weighted by Gasteiger charge is 2.38. The third-order valence-electron chi connectivity index (χ3n) is 6.49. The summed E-state index contributed by atoms with van der Waals surface area (Å²) in [5.41, 5.74) is 2.69. The number of fused-ring (bicyclic) bond motifs is 1. The molecule has 176 valence electrons. The Bertz CT molecular complexity index is 1170. The van der Waals surface area contributed by atoms with Crippen LogP contribution >= 0.6 is 11.3 Å². The summed E-state index contributed by atoms with van der Waals surface area (Å²) >= 11 is 1.71. The largest absolute Gasteiger partial charge is 0.491 e. The number of benzene rings is 2. The summed E-state index contributed by atoms with van der Waals surface area (Å²) in [5.74, 6) is 0.0709. The van der Waals surface area contributed by atoms with Gasteiger partial charge in [-0.15, -0.1) is 11.3 Å². The van der Waals surface area contributed by atoms with Crippen molar-refractivity contribution in [1.82, 2.24) is 9.80 Å². The van der Waals surface area contributed by atoms with Crippen LogP contribution in [0.15, 0.2) is 60.0 Å². The average molecular weight is 479 g/mol. The minimum absolute atomic E-state index is 0.0153. The van der Waals surface area contributed by atoms with Crippen LogP contribution < -0.4 is 4.74 Å². The van der Waals surface area contributed by atoms with Crippen LogP contribution in [0.25, 0.3) is 0 Å². The van der Waals surface area contributed by atoms with E-state index in [9.17, 15) is 14.0 Å². The molecule has 1 saturated carbocycles. The number of amides is 2. The van der Waals surface area contributed by atoms with Crippen LogP contribution in [0.2, 0.25) is 0 Å². The summed E-state index contributed by atoms with van der Waals surface area (Å²) in [6.45, 7) is 2.99. The second-order valence-corrected chi connectivity index (χ2v) is 9.95. The first-order valence-electron chi connectivity index (χ1n) is 11.6. The first-order valence-corrected chi connectivity index (χ1v) is 12.5. The van der Waals surface area contributed by atoms with Gasteiger partial charge in [-0.2, -0.15) is 0 Å². The van der Waals surface area contributed by atoms with Crippen molar-refractivity contribution in [2.75, 3.05) is 19.7 Å². The van der Waals surface area contributed by atoms with Crippen molar-refractivity contribution in [2.24, 2.45) is 0 Å². The van der Waals surface area contributed by atoms with E-state index in [1.54, 1.807) is 16.2 Å². The van der Waals surface area contributed by atoms with Crippen molar-refractivity contribution in [1.29, 1.82) is 0 Å². The lowest BCUT2D eigenvalue weighted by Gasteiger charge is -2.37. The number of ether oxygens (including phenoxy) is 1. The van der Waals surface area contributed by atoms with Crippen molar-refractivity contribution in [3.05, 3.63) is 87.4 Å². The van der Waals surface area contributed by atoms with Gasteiger partial charge < -0.3 is 14.5 Å². The molecule has 1 aliphatic carbocycles. The molecule has 34 heavy (non-hydrogen) atoms. The van der Waals surface area contributed by atoms with Gasteiger partial charge in [0.15, 0.2) is 0 Å². The number of rotatable bonds is 7. The Morgan fingerprint density at radius 1 is 1.09 bits per heavy atom. The summed E-state index contributed by atoms with van der Waals surface area (Å²) in [7, 11) is 0. The van der Waals surface area contributed by atoms with Crippen LogP contribution in [0.3, 0.4) is 0 Å². The lowest BCUT2D eigenvalue weighted by atomic mass is 10.0. The van der Waals surface area contributed by atoms with Crippen LogP contribution in [0, 0.1) is 12.7 Å². The molecule has 5 rings (SSSR count). The van der Waals surface area contributed by atoms with Crippen LogP contribution in [0.4, 0.5) is 4.39 Å². The zero-order chi connectivity index (χ0) is 23.7. The van der Waals surface area contributed by atoms with Crippen molar-refractivity contribution in [3.63, 3.8) is 0 Å². The number of carbonyl (C=O) groups excluding carboxylic acids is 2. The summed E-state index contributed by atoms with van der Waals surface area (Å²) < 4.78 is 19.4. The van der Waals surface area contributed by atoms with Gasteiger partial charge in [-0.1, -0.05) is 17.7 Å².